The van der Waals surface area contributed by atoms with E-state index in [1.807, 2.05) is 37.3 Å². The first-order valence-electron chi connectivity index (χ1n) is 6.76. The molecule has 0 radical (unpaired) electrons. The van der Waals surface area contributed by atoms with Crippen LogP contribution in [0, 0.1) is 11.8 Å². The van der Waals surface area contributed by atoms with E-state index in [2.05, 4.69) is 5.32 Å². The van der Waals surface area contributed by atoms with Crippen LogP contribution in [0.25, 0.3) is 0 Å². The zero-order chi connectivity index (χ0) is 13.0. The van der Waals surface area contributed by atoms with Crippen LogP contribution in [0.15, 0.2) is 30.3 Å². The Bertz CT molecular complexity index is 387. The molecule has 0 saturated heterocycles. The minimum absolute atomic E-state index is 0.0678. The summed E-state index contributed by atoms with van der Waals surface area (Å²) in [6.45, 7) is 2.71. The standard InChI is InChI=1S/C15H22N2O/c1-11(14(16)13-8-3-2-4-9-13)15(18)17-10-12-6-5-7-12/h2-4,8-9,11-12,14H,5-7,10,16H2,1H3,(H,17,18). The van der Waals surface area contributed by atoms with Crippen LogP contribution >= 0.6 is 0 Å². The Morgan fingerprint density at radius 3 is 2.61 bits per heavy atom. The van der Waals surface area contributed by atoms with Crippen molar-refractivity contribution >= 4 is 5.91 Å². The summed E-state index contributed by atoms with van der Waals surface area (Å²) in [6, 6.07) is 9.58. The van der Waals surface area contributed by atoms with Gasteiger partial charge in [-0.3, -0.25) is 4.79 Å². The molecule has 0 aliphatic heterocycles. The van der Waals surface area contributed by atoms with Crippen molar-refractivity contribution < 1.29 is 4.79 Å². The van der Waals surface area contributed by atoms with Crippen molar-refractivity contribution in [3.8, 4) is 0 Å². The van der Waals surface area contributed by atoms with Gasteiger partial charge in [0.1, 0.15) is 0 Å². The maximum Gasteiger partial charge on any atom is 0.224 e. The number of rotatable bonds is 5. The molecule has 0 aromatic heterocycles. The van der Waals surface area contributed by atoms with Crippen LogP contribution in [0.2, 0.25) is 0 Å². The second-order valence-corrected chi connectivity index (χ2v) is 5.27. The molecule has 1 aliphatic rings. The predicted molar refractivity (Wildman–Crippen MR) is 72.9 cm³/mol. The van der Waals surface area contributed by atoms with E-state index in [1.54, 1.807) is 0 Å². The molecule has 1 amide bonds. The number of hydrogen-bond acceptors (Lipinski definition) is 2. The summed E-state index contributed by atoms with van der Waals surface area (Å²) in [5.74, 6) is 0.569. The lowest BCUT2D eigenvalue weighted by Crippen LogP contribution is -2.39. The van der Waals surface area contributed by atoms with Crippen LogP contribution in [-0.4, -0.2) is 12.5 Å². The van der Waals surface area contributed by atoms with Gasteiger partial charge in [0.2, 0.25) is 5.91 Å². The maximum absolute atomic E-state index is 12.0. The van der Waals surface area contributed by atoms with Crippen LogP contribution in [0.4, 0.5) is 0 Å². The Hall–Kier alpha value is -1.35. The smallest absolute Gasteiger partial charge is 0.224 e. The molecule has 2 rings (SSSR count). The van der Waals surface area contributed by atoms with Crippen molar-refractivity contribution in [2.24, 2.45) is 17.6 Å². The molecule has 1 aliphatic carbocycles. The van der Waals surface area contributed by atoms with Crippen LogP contribution in [-0.2, 0) is 4.79 Å². The minimum Gasteiger partial charge on any atom is -0.356 e. The first-order chi connectivity index (χ1) is 8.68. The molecule has 3 nitrogen and oxygen atoms in total. The molecular weight excluding hydrogens is 224 g/mol. The first-order valence-corrected chi connectivity index (χ1v) is 6.76. The monoisotopic (exact) mass is 246 g/mol. The molecule has 98 valence electrons. The molecule has 0 heterocycles. The van der Waals surface area contributed by atoms with Crippen LogP contribution in [0.3, 0.4) is 0 Å². The second-order valence-electron chi connectivity index (χ2n) is 5.27. The van der Waals surface area contributed by atoms with Gasteiger partial charge in [0.25, 0.3) is 0 Å². The number of nitrogens with two attached hydrogens (primary N) is 1. The van der Waals surface area contributed by atoms with Crippen molar-refractivity contribution in [3.63, 3.8) is 0 Å². The van der Waals surface area contributed by atoms with Gasteiger partial charge in [-0.2, -0.15) is 0 Å². The highest BCUT2D eigenvalue weighted by atomic mass is 16.1. The molecule has 2 unspecified atom stereocenters. The number of carbonyl (C=O) groups is 1. The van der Waals surface area contributed by atoms with Crippen molar-refractivity contribution in [2.45, 2.75) is 32.2 Å². The second kappa shape index (κ2) is 6.01. The zero-order valence-corrected chi connectivity index (χ0v) is 10.9. The van der Waals surface area contributed by atoms with Gasteiger partial charge in [0.05, 0.1) is 5.92 Å². The lowest BCUT2D eigenvalue weighted by Gasteiger charge is -2.27. The topological polar surface area (TPSA) is 55.1 Å². The van der Waals surface area contributed by atoms with Crippen LogP contribution < -0.4 is 11.1 Å². The summed E-state index contributed by atoms with van der Waals surface area (Å²) in [5, 5.41) is 3.02. The molecule has 3 N–H and O–H groups in total. The fourth-order valence-electron chi connectivity index (χ4n) is 2.23. The van der Waals surface area contributed by atoms with E-state index in [9.17, 15) is 4.79 Å². The SMILES string of the molecule is CC(C(=O)NCC1CCC1)C(N)c1ccccc1. The Kier molecular flexibility index (Phi) is 4.37. The average molecular weight is 246 g/mol. The molecule has 0 spiro atoms. The third-order valence-electron chi connectivity index (χ3n) is 3.93. The van der Waals surface area contributed by atoms with E-state index in [1.165, 1.54) is 19.3 Å². The van der Waals surface area contributed by atoms with Crippen LogP contribution in [0.5, 0.6) is 0 Å². The molecule has 3 heteroatoms. The highest BCUT2D eigenvalue weighted by Crippen LogP contribution is 2.25. The summed E-state index contributed by atoms with van der Waals surface area (Å²) >= 11 is 0. The summed E-state index contributed by atoms with van der Waals surface area (Å²) in [6.07, 6.45) is 3.80. The quantitative estimate of drug-likeness (QED) is 0.837. The normalized spacial score (nSPS) is 18.8. The molecule has 18 heavy (non-hydrogen) atoms. The van der Waals surface area contributed by atoms with Crippen molar-refractivity contribution in [1.82, 2.24) is 5.32 Å². The summed E-state index contributed by atoms with van der Waals surface area (Å²) < 4.78 is 0. The summed E-state index contributed by atoms with van der Waals surface area (Å²) in [7, 11) is 0. The van der Waals surface area contributed by atoms with Crippen LogP contribution in [0.1, 0.15) is 37.8 Å². The summed E-state index contributed by atoms with van der Waals surface area (Å²) in [5.41, 5.74) is 7.15. The number of hydrogen-bond donors (Lipinski definition) is 2. The van der Waals surface area contributed by atoms with Gasteiger partial charge in [-0.05, 0) is 24.3 Å². The maximum atomic E-state index is 12.0. The van der Waals surface area contributed by atoms with Crippen molar-refractivity contribution in [1.29, 1.82) is 0 Å². The number of nitrogens with one attached hydrogen (secondary N) is 1. The molecule has 1 saturated carbocycles. The zero-order valence-electron chi connectivity index (χ0n) is 10.9. The lowest BCUT2D eigenvalue weighted by molar-refractivity contribution is -0.125. The highest BCUT2D eigenvalue weighted by Gasteiger charge is 2.24. The third kappa shape index (κ3) is 3.10. The summed E-state index contributed by atoms with van der Waals surface area (Å²) in [4.78, 5) is 12.0. The van der Waals surface area contributed by atoms with E-state index in [4.69, 9.17) is 5.73 Å². The highest BCUT2D eigenvalue weighted by molar-refractivity contribution is 5.79. The van der Waals surface area contributed by atoms with E-state index in [0.29, 0.717) is 5.92 Å². The van der Waals surface area contributed by atoms with E-state index in [0.717, 1.165) is 12.1 Å². The fourth-order valence-corrected chi connectivity index (χ4v) is 2.23. The Morgan fingerprint density at radius 1 is 1.39 bits per heavy atom. The van der Waals surface area contributed by atoms with Crippen molar-refractivity contribution in [3.05, 3.63) is 35.9 Å². The van der Waals surface area contributed by atoms with E-state index in [-0.39, 0.29) is 17.9 Å². The van der Waals surface area contributed by atoms with Crippen molar-refractivity contribution in [2.75, 3.05) is 6.54 Å². The molecule has 1 fully saturated rings. The molecule has 0 bridgehead atoms. The van der Waals surface area contributed by atoms with Gasteiger partial charge in [-0.15, -0.1) is 0 Å². The molecule has 1 aromatic rings. The largest absolute Gasteiger partial charge is 0.356 e. The first kappa shape index (κ1) is 13.1. The van der Waals surface area contributed by atoms with Gasteiger partial charge in [0.15, 0.2) is 0 Å². The molecule has 1 aromatic carbocycles. The third-order valence-corrected chi connectivity index (χ3v) is 3.93. The molecule has 2 atom stereocenters. The average Bonchev–Trinajstić information content (AvgIpc) is 2.36. The minimum atomic E-state index is -0.229. The lowest BCUT2D eigenvalue weighted by atomic mass is 9.85. The number of benzene rings is 1. The van der Waals surface area contributed by atoms with Gasteiger partial charge >= 0.3 is 0 Å². The number of carbonyl (C=O) groups excluding carboxylic acids is 1. The predicted octanol–water partition coefficient (Wildman–Crippen LogP) is 2.24. The van der Waals surface area contributed by atoms with E-state index < -0.39 is 0 Å². The number of amides is 1. The van der Waals surface area contributed by atoms with Gasteiger partial charge in [0, 0.05) is 12.6 Å². The van der Waals surface area contributed by atoms with E-state index >= 15 is 0 Å². The van der Waals surface area contributed by atoms with Gasteiger partial charge < -0.3 is 11.1 Å². The van der Waals surface area contributed by atoms with Gasteiger partial charge in [-0.1, -0.05) is 43.7 Å². The Balaban J connectivity index is 1.85. The van der Waals surface area contributed by atoms with Gasteiger partial charge in [-0.25, -0.2) is 0 Å². The Morgan fingerprint density at radius 2 is 2.06 bits per heavy atom. The Labute approximate surface area is 109 Å². The fraction of sp³-hybridized carbons (Fsp3) is 0.533. The molecular formula is C15H22N2O.